The zero-order valence-corrected chi connectivity index (χ0v) is 17.1. The molecule has 1 amide bonds. The molecule has 1 aliphatic rings. The highest BCUT2D eigenvalue weighted by Crippen LogP contribution is 2.21. The van der Waals surface area contributed by atoms with Crippen LogP contribution in [0, 0.1) is 10.1 Å². The van der Waals surface area contributed by atoms with E-state index in [-0.39, 0.29) is 23.7 Å². The summed E-state index contributed by atoms with van der Waals surface area (Å²) in [5, 5.41) is 13.3. The molecule has 160 valence electrons. The van der Waals surface area contributed by atoms with Crippen LogP contribution in [0.2, 0.25) is 0 Å². The maximum Gasteiger partial charge on any atom is 0.269 e. The van der Waals surface area contributed by atoms with Gasteiger partial charge in [-0.1, -0.05) is 18.6 Å². The van der Waals surface area contributed by atoms with E-state index in [9.17, 15) is 23.3 Å². The van der Waals surface area contributed by atoms with Crippen molar-refractivity contribution in [1.29, 1.82) is 0 Å². The molecule has 1 N–H and O–H groups in total. The van der Waals surface area contributed by atoms with Gasteiger partial charge >= 0.3 is 0 Å². The van der Waals surface area contributed by atoms with Crippen molar-refractivity contribution in [2.24, 2.45) is 0 Å². The molecule has 0 radical (unpaired) electrons. The Hall–Kier alpha value is -2.98. The first kappa shape index (κ1) is 21.7. The van der Waals surface area contributed by atoms with E-state index in [0.29, 0.717) is 24.4 Å². The average Bonchev–Trinajstić information content (AvgIpc) is 2.77. The summed E-state index contributed by atoms with van der Waals surface area (Å²) in [6, 6.07) is 12.0. The second-order valence-corrected chi connectivity index (χ2v) is 8.87. The number of non-ortho nitro benzene ring substituents is 1. The van der Waals surface area contributed by atoms with E-state index in [1.807, 2.05) is 0 Å². The van der Waals surface area contributed by atoms with Crippen molar-refractivity contribution in [2.45, 2.75) is 30.7 Å². The zero-order valence-electron chi connectivity index (χ0n) is 16.3. The Balaban J connectivity index is 1.53. The molecule has 30 heavy (non-hydrogen) atoms. The van der Waals surface area contributed by atoms with Crippen molar-refractivity contribution in [3.63, 3.8) is 0 Å². The van der Waals surface area contributed by atoms with Crippen LogP contribution in [0.1, 0.15) is 24.8 Å². The van der Waals surface area contributed by atoms with Crippen LogP contribution in [0.3, 0.4) is 0 Å². The van der Waals surface area contributed by atoms with Crippen molar-refractivity contribution >= 4 is 21.6 Å². The Bertz CT molecular complexity index is 1000. The van der Waals surface area contributed by atoms with Crippen LogP contribution in [0.5, 0.6) is 5.75 Å². The van der Waals surface area contributed by atoms with E-state index in [0.717, 1.165) is 19.3 Å². The maximum atomic E-state index is 12.8. The van der Waals surface area contributed by atoms with E-state index in [1.54, 1.807) is 24.3 Å². The fourth-order valence-corrected chi connectivity index (χ4v) is 4.72. The molecule has 0 aromatic heterocycles. The molecule has 1 heterocycles. The van der Waals surface area contributed by atoms with Gasteiger partial charge in [-0.15, -0.1) is 0 Å². The number of nitro benzene ring substituents is 1. The number of nitrogens with one attached hydrogen (secondary N) is 1. The van der Waals surface area contributed by atoms with Gasteiger partial charge in [0.05, 0.1) is 9.82 Å². The molecule has 3 rings (SSSR count). The number of hydrogen-bond acceptors (Lipinski definition) is 6. The first-order valence-corrected chi connectivity index (χ1v) is 11.0. The summed E-state index contributed by atoms with van der Waals surface area (Å²) in [6.07, 6.45) is 2.77. The van der Waals surface area contributed by atoms with Gasteiger partial charge < -0.3 is 10.1 Å². The number of nitro groups is 1. The summed E-state index contributed by atoms with van der Waals surface area (Å²) in [5.41, 5.74) is 0.600. The van der Waals surface area contributed by atoms with Crippen LogP contribution < -0.4 is 10.1 Å². The zero-order chi connectivity index (χ0) is 21.6. The van der Waals surface area contributed by atoms with Crippen molar-refractivity contribution in [3.05, 3.63) is 64.2 Å². The van der Waals surface area contributed by atoms with Gasteiger partial charge in [-0.05, 0) is 42.7 Å². The van der Waals surface area contributed by atoms with Crippen molar-refractivity contribution in [1.82, 2.24) is 9.62 Å². The lowest BCUT2D eigenvalue weighted by molar-refractivity contribution is -0.384. The molecule has 2 aromatic rings. The van der Waals surface area contributed by atoms with Crippen molar-refractivity contribution in [3.8, 4) is 5.75 Å². The van der Waals surface area contributed by atoms with Crippen molar-refractivity contribution < 1.29 is 22.9 Å². The Morgan fingerprint density at radius 1 is 1.10 bits per heavy atom. The lowest BCUT2D eigenvalue weighted by Gasteiger charge is -2.26. The molecule has 0 aliphatic carbocycles. The molecule has 0 unspecified atom stereocenters. The number of sulfonamides is 1. The highest BCUT2D eigenvalue weighted by atomic mass is 32.2. The lowest BCUT2D eigenvalue weighted by Crippen LogP contribution is -2.35. The molecule has 1 aliphatic heterocycles. The maximum absolute atomic E-state index is 12.8. The number of rotatable bonds is 8. The number of nitrogens with zero attached hydrogens (tertiary/aromatic N) is 2. The van der Waals surface area contributed by atoms with Gasteiger partial charge in [0, 0.05) is 31.8 Å². The summed E-state index contributed by atoms with van der Waals surface area (Å²) < 4.78 is 32.4. The van der Waals surface area contributed by atoms with Crippen LogP contribution in [0.25, 0.3) is 0 Å². The predicted octanol–water partition coefficient (Wildman–Crippen LogP) is 2.46. The quantitative estimate of drug-likeness (QED) is 0.505. The molecule has 0 bridgehead atoms. The number of carbonyl (C=O) groups excluding carboxylic acids is 1. The van der Waals surface area contributed by atoms with Gasteiger partial charge in [-0.25, -0.2) is 8.42 Å². The smallest absolute Gasteiger partial charge is 0.269 e. The van der Waals surface area contributed by atoms with E-state index in [4.69, 9.17) is 4.74 Å². The topological polar surface area (TPSA) is 119 Å². The normalized spacial score (nSPS) is 14.8. The summed E-state index contributed by atoms with van der Waals surface area (Å²) in [5.74, 6) is -0.0528. The number of amides is 1. The third-order valence-electron chi connectivity index (χ3n) is 4.76. The van der Waals surface area contributed by atoms with Crippen LogP contribution in [0.15, 0.2) is 53.4 Å². The fraction of sp³-hybridized carbons (Fsp3) is 0.350. The standard InChI is InChI=1S/C20H23N3O6S/c24-20(15-29-18-9-7-17(8-10-18)23(25)26)21-14-16-5-4-6-19(13-16)30(27,28)22-11-2-1-3-12-22/h4-10,13H,1-3,11-12,14-15H2,(H,21,24). The molecule has 10 heteroatoms. The van der Waals surface area contributed by atoms with E-state index >= 15 is 0 Å². The Morgan fingerprint density at radius 2 is 1.80 bits per heavy atom. The highest BCUT2D eigenvalue weighted by molar-refractivity contribution is 7.89. The minimum atomic E-state index is -3.53. The first-order chi connectivity index (χ1) is 14.4. The molecule has 2 aromatic carbocycles. The van der Waals surface area contributed by atoms with Gasteiger partial charge in [0.25, 0.3) is 11.6 Å². The number of piperidine rings is 1. The van der Waals surface area contributed by atoms with Crippen LogP contribution >= 0.6 is 0 Å². The first-order valence-electron chi connectivity index (χ1n) is 9.59. The van der Waals surface area contributed by atoms with Crippen LogP contribution in [0.4, 0.5) is 5.69 Å². The molecule has 9 nitrogen and oxygen atoms in total. The van der Waals surface area contributed by atoms with Crippen molar-refractivity contribution in [2.75, 3.05) is 19.7 Å². The summed E-state index contributed by atoms with van der Waals surface area (Å²) in [4.78, 5) is 22.4. The van der Waals surface area contributed by atoms with Gasteiger partial charge in [0.1, 0.15) is 5.75 Å². The second-order valence-electron chi connectivity index (χ2n) is 6.93. The summed E-state index contributed by atoms with van der Waals surface area (Å²) in [6.45, 7) is 0.960. The fourth-order valence-electron chi connectivity index (χ4n) is 3.13. The summed E-state index contributed by atoms with van der Waals surface area (Å²) >= 11 is 0. The number of hydrogen-bond donors (Lipinski definition) is 1. The van der Waals surface area contributed by atoms with Gasteiger partial charge in [-0.3, -0.25) is 14.9 Å². The van der Waals surface area contributed by atoms with Gasteiger partial charge in [0.2, 0.25) is 10.0 Å². The third kappa shape index (κ3) is 5.55. The number of benzene rings is 2. The predicted molar refractivity (Wildman–Crippen MR) is 109 cm³/mol. The Labute approximate surface area is 174 Å². The van der Waals surface area contributed by atoms with Gasteiger partial charge in [0.15, 0.2) is 6.61 Å². The third-order valence-corrected chi connectivity index (χ3v) is 6.65. The molecule has 0 saturated carbocycles. The molecule has 0 spiro atoms. The second kappa shape index (κ2) is 9.68. The Kier molecular flexibility index (Phi) is 7.01. The van der Waals surface area contributed by atoms with Crippen LogP contribution in [-0.4, -0.2) is 43.2 Å². The van der Waals surface area contributed by atoms with Gasteiger partial charge in [-0.2, -0.15) is 4.31 Å². The summed E-state index contributed by atoms with van der Waals surface area (Å²) in [7, 11) is -3.53. The molecule has 0 atom stereocenters. The number of ether oxygens (including phenoxy) is 1. The Morgan fingerprint density at radius 3 is 2.47 bits per heavy atom. The minimum absolute atomic E-state index is 0.0637. The molecular weight excluding hydrogens is 410 g/mol. The van der Waals surface area contributed by atoms with E-state index < -0.39 is 20.9 Å². The average molecular weight is 433 g/mol. The largest absolute Gasteiger partial charge is 0.484 e. The lowest BCUT2D eigenvalue weighted by atomic mass is 10.2. The molecule has 1 fully saturated rings. The monoisotopic (exact) mass is 433 g/mol. The molecule has 1 saturated heterocycles. The SMILES string of the molecule is O=C(COc1ccc([N+](=O)[O-])cc1)NCc1cccc(S(=O)(=O)N2CCCCC2)c1. The van der Waals surface area contributed by atoms with Crippen LogP contribution in [-0.2, 0) is 21.4 Å². The van der Waals surface area contributed by atoms with E-state index in [2.05, 4.69) is 5.32 Å². The minimum Gasteiger partial charge on any atom is -0.484 e. The number of carbonyl (C=O) groups is 1. The highest BCUT2D eigenvalue weighted by Gasteiger charge is 2.25. The van der Waals surface area contributed by atoms with E-state index in [1.165, 1.54) is 28.6 Å². The molecular formula is C20H23N3O6S.